The fourth-order valence-corrected chi connectivity index (χ4v) is 2.67. The molecule has 0 aliphatic carbocycles. The number of hydrogen-bond donors (Lipinski definition) is 1. The van der Waals surface area contributed by atoms with Crippen molar-refractivity contribution < 1.29 is 0 Å². The van der Waals surface area contributed by atoms with Crippen LogP contribution in [0, 0.1) is 0 Å². The fraction of sp³-hybridized carbons (Fsp3) is 0.667. The van der Waals surface area contributed by atoms with Crippen LogP contribution in [0.15, 0.2) is 16.7 Å². The molecule has 1 aliphatic heterocycles. The van der Waals surface area contributed by atoms with Gasteiger partial charge in [-0.15, -0.1) is 0 Å². The Labute approximate surface area is 100 Å². The molecule has 15 heavy (non-hydrogen) atoms. The summed E-state index contributed by atoms with van der Waals surface area (Å²) in [5, 5.41) is 0. The summed E-state index contributed by atoms with van der Waals surface area (Å²) in [4.78, 5) is 5.96. The van der Waals surface area contributed by atoms with Crippen LogP contribution in [0.3, 0.4) is 0 Å². The van der Waals surface area contributed by atoms with Crippen LogP contribution in [-0.4, -0.2) is 23.0 Å². The van der Waals surface area contributed by atoms with Crippen LogP contribution in [0.2, 0.25) is 0 Å². The average Bonchev–Trinajstić information content (AvgIpc) is 2.53. The standard InChI is InChI=1S/C12H19BrN2/c1-10(11-6-7-12(13)14-11)15-8-4-2-3-5-9-15/h6-7,10,14H,2-5,8-9H2,1H3. The first-order valence-corrected chi connectivity index (χ1v) is 6.65. The topological polar surface area (TPSA) is 19.0 Å². The molecule has 1 aromatic heterocycles. The Balaban J connectivity index is 2.02. The molecule has 0 saturated carbocycles. The van der Waals surface area contributed by atoms with Gasteiger partial charge in [0.2, 0.25) is 0 Å². The van der Waals surface area contributed by atoms with E-state index in [9.17, 15) is 0 Å². The molecule has 0 radical (unpaired) electrons. The van der Waals surface area contributed by atoms with Gasteiger partial charge in [0.1, 0.15) is 0 Å². The van der Waals surface area contributed by atoms with Crippen molar-refractivity contribution in [1.29, 1.82) is 0 Å². The van der Waals surface area contributed by atoms with E-state index in [1.54, 1.807) is 0 Å². The maximum atomic E-state index is 3.47. The third-order valence-corrected chi connectivity index (χ3v) is 3.77. The van der Waals surface area contributed by atoms with Gasteiger partial charge in [0.15, 0.2) is 0 Å². The molecule has 2 rings (SSSR count). The summed E-state index contributed by atoms with van der Waals surface area (Å²) in [6.45, 7) is 4.79. The summed E-state index contributed by atoms with van der Waals surface area (Å²) in [5.74, 6) is 0. The maximum absolute atomic E-state index is 3.47. The van der Waals surface area contributed by atoms with Crippen molar-refractivity contribution in [3.8, 4) is 0 Å². The predicted molar refractivity (Wildman–Crippen MR) is 66.9 cm³/mol. The Morgan fingerprint density at radius 3 is 2.40 bits per heavy atom. The molecule has 0 spiro atoms. The van der Waals surface area contributed by atoms with Crippen LogP contribution >= 0.6 is 15.9 Å². The van der Waals surface area contributed by atoms with Gasteiger partial charge in [0, 0.05) is 11.7 Å². The highest BCUT2D eigenvalue weighted by molar-refractivity contribution is 9.10. The van der Waals surface area contributed by atoms with E-state index < -0.39 is 0 Å². The second-order valence-electron chi connectivity index (χ2n) is 4.39. The minimum atomic E-state index is 0.523. The van der Waals surface area contributed by atoms with Crippen LogP contribution in [0.25, 0.3) is 0 Å². The lowest BCUT2D eigenvalue weighted by Crippen LogP contribution is -2.28. The van der Waals surface area contributed by atoms with Gasteiger partial charge in [-0.1, -0.05) is 12.8 Å². The predicted octanol–water partition coefficient (Wildman–Crippen LogP) is 3.71. The van der Waals surface area contributed by atoms with E-state index in [1.807, 2.05) is 0 Å². The van der Waals surface area contributed by atoms with Crippen LogP contribution in [0.5, 0.6) is 0 Å². The second-order valence-corrected chi connectivity index (χ2v) is 5.24. The molecule has 1 aliphatic rings. The van der Waals surface area contributed by atoms with Crippen LogP contribution in [0.1, 0.15) is 44.3 Å². The normalized spacial score (nSPS) is 21.2. The number of halogens is 1. The van der Waals surface area contributed by atoms with E-state index in [0.29, 0.717) is 6.04 Å². The molecule has 3 heteroatoms. The molecule has 0 aromatic carbocycles. The van der Waals surface area contributed by atoms with E-state index in [1.165, 1.54) is 44.5 Å². The lowest BCUT2D eigenvalue weighted by molar-refractivity contribution is 0.216. The Hall–Kier alpha value is -0.280. The first-order valence-electron chi connectivity index (χ1n) is 5.86. The molecule has 1 unspecified atom stereocenters. The largest absolute Gasteiger partial charge is 0.352 e. The molecule has 0 amide bonds. The van der Waals surface area contributed by atoms with Gasteiger partial charge >= 0.3 is 0 Å². The molecule has 2 nitrogen and oxygen atoms in total. The van der Waals surface area contributed by atoms with Crippen molar-refractivity contribution in [2.45, 2.75) is 38.6 Å². The number of aromatic nitrogens is 1. The Morgan fingerprint density at radius 1 is 1.20 bits per heavy atom. The Morgan fingerprint density at radius 2 is 1.87 bits per heavy atom. The summed E-state index contributed by atoms with van der Waals surface area (Å²) in [7, 11) is 0. The number of aromatic amines is 1. The average molecular weight is 271 g/mol. The molecule has 1 atom stereocenters. The van der Waals surface area contributed by atoms with Crippen LogP contribution in [0.4, 0.5) is 0 Å². The number of rotatable bonds is 2. The highest BCUT2D eigenvalue weighted by Gasteiger charge is 2.17. The van der Waals surface area contributed by atoms with E-state index in [0.717, 1.165) is 4.60 Å². The molecule has 1 saturated heterocycles. The van der Waals surface area contributed by atoms with Crippen LogP contribution < -0.4 is 0 Å². The lowest BCUT2D eigenvalue weighted by Gasteiger charge is -2.26. The third-order valence-electron chi connectivity index (χ3n) is 3.31. The van der Waals surface area contributed by atoms with E-state index in [-0.39, 0.29) is 0 Å². The SMILES string of the molecule is CC(c1ccc(Br)[nH]1)N1CCCCCC1. The molecule has 2 heterocycles. The quantitative estimate of drug-likeness (QED) is 0.868. The molecule has 1 N–H and O–H groups in total. The van der Waals surface area contributed by atoms with Crippen molar-refractivity contribution in [1.82, 2.24) is 9.88 Å². The highest BCUT2D eigenvalue weighted by atomic mass is 79.9. The Kier molecular flexibility index (Phi) is 3.87. The first-order chi connectivity index (χ1) is 7.27. The smallest absolute Gasteiger partial charge is 0.0822 e. The molecular weight excluding hydrogens is 252 g/mol. The van der Waals surface area contributed by atoms with Crippen molar-refractivity contribution >= 4 is 15.9 Å². The van der Waals surface area contributed by atoms with Crippen molar-refractivity contribution in [2.24, 2.45) is 0 Å². The number of nitrogens with one attached hydrogen (secondary N) is 1. The maximum Gasteiger partial charge on any atom is 0.0822 e. The van der Waals surface area contributed by atoms with Gasteiger partial charge in [0.05, 0.1) is 4.60 Å². The second kappa shape index (κ2) is 5.17. The van der Waals surface area contributed by atoms with Crippen molar-refractivity contribution in [2.75, 3.05) is 13.1 Å². The van der Waals surface area contributed by atoms with Gasteiger partial charge in [-0.2, -0.15) is 0 Å². The van der Waals surface area contributed by atoms with Gasteiger partial charge in [-0.25, -0.2) is 0 Å². The monoisotopic (exact) mass is 270 g/mol. The molecule has 0 bridgehead atoms. The molecule has 1 fully saturated rings. The minimum Gasteiger partial charge on any atom is -0.352 e. The molecule has 84 valence electrons. The van der Waals surface area contributed by atoms with Gasteiger partial charge < -0.3 is 4.98 Å². The third kappa shape index (κ3) is 2.85. The molecule has 1 aromatic rings. The van der Waals surface area contributed by atoms with E-state index in [4.69, 9.17) is 0 Å². The zero-order chi connectivity index (χ0) is 10.7. The summed E-state index contributed by atoms with van der Waals surface area (Å²) >= 11 is 3.47. The summed E-state index contributed by atoms with van der Waals surface area (Å²) in [5.41, 5.74) is 1.32. The van der Waals surface area contributed by atoms with E-state index >= 15 is 0 Å². The zero-order valence-electron chi connectivity index (χ0n) is 9.30. The van der Waals surface area contributed by atoms with E-state index in [2.05, 4.69) is 44.9 Å². The zero-order valence-corrected chi connectivity index (χ0v) is 10.9. The van der Waals surface area contributed by atoms with Gasteiger partial charge in [0.25, 0.3) is 0 Å². The first kappa shape index (κ1) is 11.2. The number of nitrogens with zero attached hydrogens (tertiary/aromatic N) is 1. The summed E-state index contributed by atoms with van der Waals surface area (Å²) < 4.78 is 1.08. The fourth-order valence-electron chi connectivity index (χ4n) is 2.31. The summed E-state index contributed by atoms with van der Waals surface area (Å²) in [6, 6.07) is 4.79. The van der Waals surface area contributed by atoms with Gasteiger partial charge in [-0.3, -0.25) is 4.90 Å². The number of H-pyrrole nitrogens is 1. The van der Waals surface area contributed by atoms with Crippen molar-refractivity contribution in [3.05, 3.63) is 22.4 Å². The number of hydrogen-bond acceptors (Lipinski definition) is 1. The lowest BCUT2D eigenvalue weighted by atomic mass is 10.2. The minimum absolute atomic E-state index is 0.523. The van der Waals surface area contributed by atoms with Crippen LogP contribution in [-0.2, 0) is 0 Å². The Bertz CT molecular complexity index is 300. The molecular formula is C12H19BrN2. The number of likely N-dealkylation sites (tertiary alicyclic amines) is 1. The summed E-state index contributed by atoms with van der Waals surface area (Å²) in [6.07, 6.45) is 5.51. The van der Waals surface area contributed by atoms with Crippen molar-refractivity contribution in [3.63, 3.8) is 0 Å². The van der Waals surface area contributed by atoms with Gasteiger partial charge in [-0.05, 0) is 60.9 Å². The highest BCUT2D eigenvalue weighted by Crippen LogP contribution is 2.24.